The van der Waals surface area contributed by atoms with Crippen molar-refractivity contribution in [2.24, 2.45) is 0 Å². The Labute approximate surface area is 128 Å². The van der Waals surface area contributed by atoms with Gasteiger partial charge in [0, 0.05) is 23.2 Å². The van der Waals surface area contributed by atoms with Gasteiger partial charge in [0.25, 0.3) is 0 Å². The Morgan fingerprint density at radius 2 is 2.18 bits per heavy atom. The number of aromatic nitrogens is 6. The highest BCUT2D eigenvalue weighted by Gasteiger charge is 2.16. The zero-order chi connectivity index (χ0) is 15.3. The third-order valence-electron chi connectivity index (χ3n) is 3.62. The second kappa shape index (κ2) is 4.63. The second-order valence-corrected chi connectivity index (χ2v) is 5.30. The Balaban J connectivity index is 1.89. The van der Waals surface area contributed by atoms with Crippen molar-refractivity contribution in [2.45, 2.75) is 13.3 Å². The lowest BCUT2D eigenvalue weighted by Crippen LogP contribution is -2.04. The van der Waals surface area contributed by atoms with Crippen molar-refractivity contribution in [1.82, 2.24) is 29.9 Å². The average Bonchev–Trinajstić information content (AvgIpc) is 3.14. The van der Waals surface area contributed by atoms with Crippen LogP contribution in [0.1, 0.15) is 16.8 Å². The van der Waals surface area contributed by atoms with Crippen molar-refractivity contribution in [2.75, 3.05) is 5.73 Å². The molecule has 0 aliphatic heterocycles. The van der Waals surface area contributed by atoms with E-state index >= 15 is 0 Å². The Kier molecular flexibility index (Phi) is 2.73. The summed E-state index contributed by atoms with van der Waals surface area (Å²) in [5, 5.41) is 16.1. The van der Waals surface area contributed by atoms with Gasteiger partial charge in [-0.1, -0.05) is 17.7 Å². The monoisotopic (exact) mass is 315 g/mol. The normalized spacial score (nSPS) is 11.5. The maximum Gasteiger partial charge on any atom is 0.226 e. The lowest BCUT2D eigenvalue weighted by atomic mass is 10.0. The van der Waals surface area contributed by atoms with Gasteiger partial charge in [-0.15, -0.1) is 10.2 Å². The van der Waals surface area contributed by atoms with Crippen LogP contribution in [0.25, 0.3) is 16.8 Å². The first-order valence-corrected chi connectivity index (χ1v) is 6.87. The first-order chi connectivity index (χ1) is 10.6. The molecule has 0 atom stereocenters. The Hall–Kier alpha value is -2.74. The smallest absolute Gasteiger partial charge is 0.226 e. The van der Waals surface area contributed by atoms with Crippen LogP contribution < -0.4 is 5.73 Å². The van der Waals surface area contributed by atoms with E-state index in [0.717, 1.165) is 16.8 Å². The molecule has 9 heteroatoms. The molecule has 0 aliphatic rings. The van der Waals surface area contributed by atoms with Crippen LogP contribution in [0.4, 0.5) is 5.69 Å². The Bertz CT molecular complexity index is 1010. The number of fused-ring (bicyclic) bond motifs is 2. The topological polar surface area (TPSA) is 108 Å². The molecule has 0 amide bonds. The number of hydrogen-bond donors (Lipinski definition) is 1. The largest absolute Gasteiger partial charge is 0.396 e. The molecule has 4 aromatic rings. The molecule has 0 aliphatic carbocycles. The minimum absolute atomic E-state index is 0.405. The lowest BCUT2D eigenvalue weighted by molar-refractivity contribution is 0.315. The third-order valence-corrected chi connectivity index (χ3v) is 3.92. The zero-order valence-electron chi connectivity index (χ0n) is 11.5. The number of nitrogen functional groups attached to an aromatic ring is 1. The van der Waals surface area contributed by atoms with E-state index in [1.165, 1.54) is 0 Å². The first-order valence-electron chi connectivity index (χ1n) is 6.49. The van der Waals surface area contributed by atoms with Gasteiger partial charge in [0.2, 0.25) is 5.65 Å². The predicted octanol–water partition coefficient (Wildman–Crippen LogP) is 1.80. The summed E-state index contributed by atoms with van der Waals surface area (Å²) in [5.41, 5.74) is 10.8. The quantitative estimate of drug-likeness (QED) is 0.562. The Morgan fingerprint density at radius 3 is 3.05 bits per heavy atom. The van der Waals surface area contributed by atoms with Crippen LogP contribution in [0.5, 0.6) is 0 Å². The fourth-order valence-corrected chi connectivity index (χ4v) is 2.66. The van der Waals surface area contributed by atoms with E-state index in [1.807, 2.05) is 13.0 Å². The van der Waals surface area contributed by atoms with E-state index in [2.05, 4.69) is 25.5 Å². The molecule has 0 spiro atoms. The highest BCUT2D eigenvalue weighted by Crippen LogP contribution is 2.27. The van der Waals surface area contributed by atoms with Crippen molar-refractivity contribution in [3.8, 4) is 0 Å². The number of pyridine rings is 2. The molecule has 0 saturated heterocycles. The molecule has 2 N–H and O–H groups in total. The van der Waals surface area contributed by atoms with Gasteiger partial charge in [0.05, 0.1) is 5.69 Å². The van der Waals surface area contributed by atoms with Crippen molar-refractivity contribution in [3.63, 3.8) is 0 Å². The molecule has 8 nitrogen and oxygen atoms in total. The molecular weight excluding hydrogens is 306 g/mol. The summed E-state index contributed by atoms with van der Waals surface area (Å²) in [6.45, 7) is 1.87. The summed E-state index contributed by atoms with van der Waals surface area (Å²) < 4.78 is 6.41. The fraction of sp³-hybridized carbons (Fsp3) is 0.154. The van der Waals surface area contributed by atoms with Crippen LogP contribution in [0, 0.1) is 6.92 Å². The van der Waals surface area contributed by atoms with Gasteiger partial charge in [0.1, 0.15) is 11.5 Å². The van der Waals surface area contributed by atoms with Crippen molar-refractivity contribution in [1.29, 1.82) is 0 Å². The summed E-state index contributed by atoms with van der Waals surface area (Å²) in [6, 6.07) is 3.69. The van der Waals surface area contributed by atoms with Gasteiger partial charge in [-0.25, -0.2) is 9.61 Å². The first kappa shape index (κ1) is 13.0. The zero-order valence-corrected chi connectivity index (χ0v) is 12.2. The minimum atomic E-state index is 0.405. The molecule has 110 valence electrons. The van der Waals surface area contributed by atoms with E-state index in [1.54, 1.807) is 16.8 Å². The predicted molar refractivity (Wildman–Crippen MR) is 79.6 cm³/mol. The van der Waals surface area contributed by atoms with Crippen LogP contribution in [0.2, 0.25) is 5.15 Å². The van der Waals surface area contributed by atoms with Gasteiger partial charge in [0.15, 0.2) is 11.2 Å². The van der Waals surface area contributed by atoms with Crippen molar-refractivity contribution < 1.29 is 4.63 Å². The number of anilines is 1. The highest BCUT2D eigenvalue weighted by atomic mass is 35.5. The molecule has 4 heterocycles. The van der Waals surface area contributed by atoms with Gasteiger partial charge >= 0.3 is 0 Å². The Morgan fingerprint density at radius 1 is 1.32 bits per heavy atom. The summed E-state index contributed by atoms with van der Waals surface area (Å²) in [7, 11) is 0. The van der Waals surface area contributed by atoms with Gasteiger partial charge < -0.3 is 5.73 Å². The summed E-state index contributed by atoms with van der Waals surface area (Å²) >= 11 is 6.11. The second-order valence-electron chi connectivity index (χ2n) is 4.91. The van der Waals surface area contributed by atoms with Gasteiger partial charge in [-0.3, -0.25) is 4.40 Å². The number of hydrogen-bond acceptors (Lipinski definition) is 7. The number of rotatable bonds is 2. The maximum atomic E-state index is 6.19. The molecule has 0 aromatic carbocycles. The van der Waals surface area contributed by atoms with Crippen molar-refractivity contribution in [3.05, 3.63) is 40.4 Å². The highest BCUT2D eigenvalue weighted by molar-refractivity contribution is 6.29. The van der Waals surface area contributed by atoms with Gasteiger partial charge in [-0.05, 0) is 23.3 Å². The molecular formula is C13H10ClN7O. The maximum absolute atomic E-state index is 6.19. The van der Waals surface area contributed by atoms with E-state index in [-0.39, 0.29) is 0 Å². The van der Waals surface area contributed by atoms with Crippen LogP contribution in [-0.2, 0) is 6.42 Å². The molecule has 4 rings (SSSR count). The number of nitrogens with zero attached hydrogens (tertiary/aromatic N) is 6. The van der Waals surface area contributed by atoms with Crippen LogP contribution >= 0.6 is 11.6 Å². The summed E-state index contributed by atoms with van der Waals surface area (Å²) in [4.78, 5) is 4.36. The van der Waals surface area contributed by atoms with Crippen LogP contribution in [0.3, 0.4) is 0 Å². The molecule has 0 saturated carbocycles. The molecule has 0 radical (unpaired) electrons. The summed E-state index contributed by atoms with van der Waals surface area (Å²) in [6.07, 6.45) is 2.10. The number of nitrogens with two attached hydrogens (primary N) is 1. The minimum Gasteiger partial charge on any atom is -0.396 e. The molecule has 22 heavy (non-hydrogen) atoms. The summed E-state index contributed by atoms with van der Waals surface area (Å²) in [5.74, 6) is 0. The third kappa shape index (κ3) is 1.81. The SMILES string of the molecule is Cc1nc2nonc2c(N)c1Cc1ccc(Cl)n2cnnc12. The molecule has 4 aromatic heterocycles. The lowest BCUT2D eigenvalue weighted by Gasteiger charge is -2.09. The molecule has 0 unspecified atom stereocenters. The van der Waals surface area contributed by atoms with Gasteiger partial charge in [-0.2, -0.15) is 0 Å². The van der Waals surface area contributed by atoms with E-state index in [0.29, 0.717) is 34.1 Å². The molecule has 0 fully saturated rings. The van der Waals surface area contributed by atoms with Crippen LogP contribution in [-0.4, -0.2) is 29.9 Å². The molecule has 0 bridgehead atoms. The standard InChI is InChI=1S/C13H10ClN7O/c1-6-8(10(15)11-12(17-6)20-22-19-11)4-7-2-3-9(14)21-5-16-18-13(7)21/h2-3,5H,4,15H2,1H3. The fourth-order valence-electron chi connectivity index (χ4n) is 2.48. The average molecular weight is 316 g/mol. The number of aryl methyl sites for hydroxylation is 1. The van der Waals surface area contributed by atoms with E-state index in [4.69, 9.17) is 22.0 Å². The van der Waals surface area contributed by atoms with E-state index in [9.17, 15) is 0 Å². The van der Waals surface area contributed by atoms with Crippen molar-refractivity contribution >= 4 is 34.1 Å². The van der Waals surface area contributed by atoms with Crippen LogP contribution in [0.15, 0.2) is 23.1 Å². The van der Waals surface area contributed by atoms with E-state index < -0.39 is 0 Å². The number of halogens is 1.